The average molecular weight is 505 g/mol. The Balaban J connectivity index is 1.43. The topological polar surface area (TPSA) is 117 Å². The minimum Gasteiger partial charge on any atom is -0.476 e. The summed E-state index contributed by atoms with van der Waals surface area (Å²) in [4.78, 5) is 36.5. The molecule has 0 radical (unpaired) electrons. The van der Waals surface area contributed by atoms with E-state index in [0.29, 0.717) is 30.1 Å². The van der Waals surface area contributed by atoms with E-state index in [0.717, 1.165) is 22.0 Å². The molecule has 36 heavy (non-hydrogen) atoms. The maximum atomic E-state index is 12.8. The van der Waals surface area contributed by atoms with Gasteiger partial charge in [0.15, 0.2) is 5.69 Å². The number of carbonyl (C=O) groups excluding carboxylic acids is 1. The number of H-pyrrole nitrogens is 1. The molecule has 4 heterocycles. The minimum absolute atomic E-state index is 0.0544. The highest BCUT2D eigenvalue weighted by Crippen LogP contribution is 2.36. The molecule has 3 N–H and O–H groups in total. The predicted molar refractivity (Wildman–Crippen MR) is 136 cm³/mol. The molecule has 4 aromatic rings. The highest BCUT2D eigenvalue weighted by Gasteiger charge is 2.39. The number of ether oxygens (including phenoxy) is 1. The summed E-state index contributed by atoms with van der Waals surface area (Å²) in [7, 11) is 0. The second-order valence-electron chi connectivity index (χ2n) is 9.13. The van der Waals surface area contributed by atoms with Gasteiger partial charge in [-0.2, -0.15) is 0 Å². The van der Waals surface area contributed by atoms with Crippen molar-refractivity contribution in [3.05, 3.63) is 88.1 Å². The molecule has 3 aromatic heterocycles. The summed E-state index contributed by atoms with van der Waals surface area (Å²) >= 11 is 5.88. The normalized spacial score (nSPS) is 18.2. The third kappa shape index (κ3) is 4.64. The lowest BCUT2D eigenvalue weighted by Gasteiger charge is -2.20. The molecule has 9 heteroatoms. The van der Waals surface area contributed by atoms with Gasteiger partial charge in [0.25, 0.3) is 0 Å². The number of aromatic amines is 1. The molecule has 1 fully saturated rings. The molecule has 1 saturated heterocycles. The number of nitrogens with zero attached hydrogens (tertiary/aromatic N) is 2. The van der Waals surface area contributed by atoms with Crippen molar-refractivity contribution < 1.29 is 19.4 Å². The second kappa shape index (κ2) is 9.62. The number of carboxylic acids is 1. The monoisotopic (exact) mass is 504 g/mol. The molecule has 1 aliphatic rings. The van der Waals surface area contributed by atoms with Gasteiger partial charge in [-0.05, 0) is 61.7 Å². The first kappa shape index (κ1) is 23.8. The van der Waals surface area contributed by atoms with E-state index in [1.54, 1.807) is 6.07 Å². The zero-order chi connectivity index (χ0) is 25.4. The van der Waals surface area contributed by atoms with Gasteiger partial charge in [0.05, 0.1) is 29.7 Å². The zero-order valence-corrected chi connectivity index (χ0v) is 20.5. The fourth-order valence-corrected chi connectivity index (χ4v) is 4.96. The van der Waals surface area contributed by atoms with Gasteiger partial charge in [-0.3, -0.25) is 9.78 Å². The molecular formula is C27H25ClN4O4. The van der Waals surface area contributed by atoms with Gasteiger partial charge in [0.2, 0.25) is 0 Å². The molecule has 3 atom stereocenters. The first-order valence-electron chi connectivity index (χ1n) is 11.7. The lowest BCUT2D eigenvalue weighted by molar-refractivity contribution is -0.139. The fourth-order valence-electron chi connectivity index (χ4n) is 4.81. The largest absolute Gasteiger partial charge is 0.476 e. The number of carbonyl (C=O) groups is 2. The quantitative estimate of drug-likeness (QED) is 0.231. The van der Waals surface area contributed by atoms with Crippen molar-refractivity contribution in [2.45, 2.75) is 32.2 Å². The number of rotatable bonds is 7. The highest BCUT2D eigenvalue weighted by molar-refractivity contribution is 6.29. The number of benzene rings is 1. The van der Waals surface area contributed by atoms with Crippen molar-refractivity contribution >= 4 is 40.1 Å². The van der Waals surface area contributed by atoms with Crippen LogP contribution in [0.2, 0.25) is 5.15 Å². The van der Waals surface area contributed by atoms with Crippen LogP contribution in [0.1, 0.15) is 51.9 Å². The Bertz CT molecular complexity index is 1470. The van der Waals surface area contributed by atoms with Crippen LogP contribution in [0.3, 0.4) is 0 Å². The molecule has 1 aromatic carbocycles. The number of hydrogen-bond acceptors (Lipinski definition) is 6. The van der Waals surface area contributed by atoms with E-state index in [4.69, 9.17) is 21.3 Å². The van der Waals surface area contributed by atoms with E-state index in [2.05, 4.69) is 21.4 Å². The molecule has 0 aliphatic carbocycles. The number of halogens is 1. The Kier molecular flexibility index (Phi) is 6.36. The fraction of sp³-hybridized carbons (Fsp3) is 0.259. The number of para-hydroxylation sites is 1. The molecule has 0 bridgehead atoms. The lowest BCUT2D eigenvalue weighted by Crippen LogP contribution is -2.20. The van der Waals surface area contributed by atoms with Gasteiger partial charge in [-0.1, -0.05) is 29.8 Å². The maximum Gasteiger partial charge on any atom is 0.356 e. The summed E-state index contributed by atoms with van der Waals surface area (Å²) in [6.45, 7) is 4.16. The van der Waals surface area contributed by atoms with Crippen LogP contribution in [0.4, 0.5) is 5.69 Å². The standard InChI is InChI=1S/C27H25ClN4O4/c1-14-9-21(15(2)30-20-7-8-23(28)32-25(20)26(33)34)31-22(10-14)24-17(13-36-27(24)35)11-16-12-29-19-6-4-3-5-18(16)19/h3-10,12,15,17,24,29-30H,11,13H2,1-2H3,(H,33,34)/t15-,17?,24+/m1/s1. The number of pyridine rings is 2. The number of hydrogen-bond donors (Lipinski definition) is 3. The van der Waals surface area contributed by atoms with E-state index < -0.39 is 11.9 Å². The van der Waals surface area contributed by atoms with Crippen molar-refractivity contribution in [1.29, 1.82) is 0 Å². The Morgan fingerprint density at radius 3 is 2.86 bits per heavy atom. The van der Waals surface area contributed by atoms with E-state index in [9.17, 15) is 14.7 Å². The zero-order valence-electron chi connectivity index (χ0n) is 19.8. The summed E-state index contributed by atoms with van der Waals surface area (Å²) in [6, 6.07) is 14.7. The minimum atomic E-state index is -1.18. The molecule has 5 rings (SSSR count). The first-order valence-corrected chi connectivity index (χ1v) is 12.0. The SMILES string of the molecule is Cc1cc([C@H]2C(=O)OCC2Cc2c[nH]c3ccccc23)nc([C@@H](C)Nc2ccc(Cl)nc2C(=O)O)c1. The number of fused-ring (bicyclic) bond motifs is 1. The van der Waals surface area contributed by atoms with Crippen LogP contribution >= 0.6 is 11.6 Å². The molecule has 1 unspecified atom stereocenters. The number of aromatic carboxylic acids is 1. The van der Waals surface area contributed by atoms with Gasteiger partial charge in [0, 0.05) is 23.0 Å². The smallest absolute Gasteiger partial charge is 0.356 e. The third-order valence-corrected chi connectivity index (χ3v) is 6.74. The van der Waals surface area contributed by atoms with E-state index >= 15 is 0 Å². The number of aromatic nitrogens is 3. The molecule has 1 aliphatic heterocycles. The number of esters is 1. The van der Waals surface area contributed by atoms with Crippen LogP contribution in [0.5, 0.6) is 0 Å². The molecule has 8 nitrogen and oxygen atoms in total. The second-order valence-corrected chi connectivity index (χ2v) is 9.51. The van der Waals surface area contributed by atoms with Crippen LogP contribution in [-0.4, -0.2) is 38.6 Å². The number of cyclic esters (lactones) is 1. The predicted octanol–water partition coefficient (Wildman–Crippen LogP) is 5.29. The molecular weight excluding hydrogens is 480 g/mol. The third-order valence-electron chi connectivity index (χ3n) is 6.53. The van der Waals surface area contributed by atoms with Crippen molar-refractivity contribution in [2.24, 2.45) is 5.92 Å². The van der Waals surface area contributed by atoms with Crippen LogP contribution in [0.15, 0.2) is 54.7 Å². The van der Waals surface area contributed by atoms with Gasteiger partial charge in [-0.25, -0.2) is 9.78 Å². The lowest BCUT2D eigenvalue weighted by atomic mass is 9.86. The summed E-state index contributed by atoms with van der Waals surface area (Å²) in [5.74, 6) is -2.00. The van der Waals surface area contributed by atoms with Gasteiger partial charge in [0.1, 0.15) is 11.1 Å². The van der Waals surface area contributed by atoms with Gasteiger partial charge < -0.3 is 20.1 Å². The maximum absolute atomic E-state index is 12.8. The Hall–Kier alpha value is -3.91. The summed E-state index contributed by atoms with van der Waals surface area (Å²) in [5, 5.41) is 13.9. The van der Waals surface area contributed by atoms with Crippen LogP contribution in [0, 0.1) is 12.8 Å². The first-order chi connectivity index (χ1) is 17.3. The van der Waals surface area contributed by atoms with E-state index in [1.807, 2.05) is 50.4 Å². The average Bonchev–Trinajstić information content (AvgIpc) is 3.43. The van der Waals surface area contributed by atoms with Crippen LogP contribution in [-0.2, 0) is 16.0 Å². The van der Waals surface area contributed by atoms with E-state index in [-0.39, 0.29) is 28.8 Å². The van der Waals surface area contributed by atoms with Crippen LogP contribution in [0.25, 0.3) is 10.9 Å². The van der Waals surface area contributed by atoms with E-state index in [1.165, 1.54) is 6.07 Å². The number of anilines is 1. The summed E-state index contributed by atoms with van der Waals surface area (Å²) < 4.78 is 5.49. The van der Waals surface area contributed by atoms with Gasteiger partial charge >= 0.3 is 11.9 Å². The number of aryl methyl sites for hydroxylation is 1. The Morgan fingerprint density at radius 1 is 1.25 bits per heavy atom. The van der Waals surface area contributed by atoms with Crippen molar-refractivity contribution in [3.63, 3.8) is 0 Å². The highest BCUT2D eigenvalue weighted by atomic mass is 35.5. The Labute approximate surface area is 212 Å². The van der Waals surface area contributed by atoms with Crippen molar-refractivity contribution in [1.82, 2.24) is 15.0 Å². The molecule has 0 spiro atoms. The molecule has 0 amide bonds. The number of nitrogens with one attached hydrogen (secondary N) is 2. The van der Waals surface area contributed by atoms with Crippen LogP contribution < -0.4 is 5.32 Å². The summed E-state index contributed by atoms with van der Waals surface area (Å²) in [6.07, 6.45) is 2.67. The van der Waals surface area contributed by atoms with Gasteiger partial charge in [-0.15, -0.1) is 0 Å². The molecule has 184 valence electrons. The number of carboxylic acid groups (broad SMARTS) is 1. The van der Waals surface area contributed by atoms with Crippen molar-refractivity contribution in [2.75, 3.05) is 11.9 Å². The summed E-state index contributed by atoms with van der Waals surface area (Å²) in [5.41, 5.74) is 4.64. The van der Waals surface area contributed by atoms with Crippen molar-refractivity contribution in [3.8, 4) is 0 Å². The molecule has 0 saturated carbocycles. The Morgan fingerprint density at radius 2 is 2.06 bits per heavy atom.